The first kappa shape index (κ1) is 20.7. The minimum Gasteiger partial charge on any atom is -0.491 e. The molecule has 0 aliphatic heterocycles. The summed E-state index contributed by atoms with van der Waals surface area (Å²) < 4.78 is 16.8. The molecule has 0 aromatic heterocycles. The number of carbonyl (C=O) groups excluding carboxylic acids is 2. The number of nitrogens with two attached hydrogens (primary N) is 1. The topological polar surface area (TPSA) is 99.9 Å². The Morgan fingerprint density at radius 2 is 1.40 bits per heavy atom. The smallest absolute Gasteiger partial charge is 0.262 e. The molecule has 0 saturated carbocycles. The number of hydrogen-bond acceptors (Lipinski definition) is 5. The summed E-state index contributed by atoms with van der Waals surface area (Å²) in [6.07, 6.45) is 0.0926. The molecule has 0 fully saturated rings. The predicted molar refractivity (Wildman–Crippen MR) is 113 cm³/mol. The van der Waals surface area contributed by atoms with Crippen molar-refractivity contribution in [3.63, 3.8) is 0 Å². The number of nitrogens with one attached hydrogen (secondary N) is 1. The van der Waals surface area contributed by atoms with E-state index in [1.807, 2.05) is 30.3 Å². The number of para-hydroxylation sites is 3. The normalized spacial score (nSPS) is 10.1. The fourth-order valence-electron chi connectivity index (χ4n) is 2.52. The van der Waals surface area contributed by atoms with Gasteiger partial charge in [0.15, 0.2) is 6.61 Å². The van der Waals surface area contributed by atoms with E-state index in [0.29, 0.717) is 22.9 Å². The van der Waals surface area contributed by atoms with Crippen LogP contribution in [-0.2, 0) is 9.59 Å². The molecule has 3 aromatic carbocycles. The molecule has 0 unspecified atom stereocenters. The van der Waals surface area contributed by atoms with E-state index in [0.717, 1.165) is 5.75 Å². The monoisotopic (exact) mass is 406 g/mol. The molecule has 154 valence electrons. The van der Waals surface area contributed by atoms with E-state index in [-0.39, 0.29) is 25.5 Å². The van der Waals surface area contributed by atoms with Crippen LogP contribution >= 0.6 is 0 Å². The van der Waals surface area contributed by atoms with E-state index in [1.165, 1.54) is 0 Å². The summed E-state index contributed by atoms with van der Waals surface area (Å²) in [7, 11) is 0. The molecule has 7 nitrogen and oxygen atoms in total. The van der Waals surface area contributed by atoms with Gasteiger partial charge in [-0.25, -0.2) is 0 Å². The van der Waals surface area contributed by atoms with Gasteiger partial charge in [0.25, 0.3) is 5.91 Å². The van der Waals surface area contributed by atoms with Gasteiger partial charge in [0.2, 0.25) is 5.91 Å². The van der Waals surface area contributed by atoms with Crippen molar-refractivity contribution >= 4 is 17.5 Å². The summed E-state index contributed by atoms with van der Waals surface area (Å²) in [5.74, 6) is 1.60. The van der Waals surface area contributed by atoms with Crippen molar-refractivity contribution in [1.82, 2.24) is 0 Å². The highest BCUT2D eigenvalue weighted by Gasteiger charge is 2.09. The van der Waals surface area contributed by atoms with E-state index in [9.17, 15) is 9.59 Å². The first-order chi connectivity index (χ1) is 14.6. The van der Waals surface area contributed by atoms with Gasteiger partial charge in [-0.3, -0.25) is 9.59 Å². The van der Waals surface area contributed by atoms with Crippen LogP contribution in [-0.4, -0.2) is 25.0 Å². The van der Waals surface area contributed by atoms with E-state index >= 15 is 0 Å². The summed E-state index contributed by atoms with van der Waals surface area (Å²) in [5, 5.41) is 2.73. The van der Waals surface area contributed by atoms with Crippen molar-refractivity contribution in [1.29, 1.82) is 0 Å². The van der Waals surface area contributed by atoms with E-state index < -0.39 is 5.91 Å². The summed E-state index contributed by atoms with van der Waals surface area (Å²) >= 11 is 0. The van der Waals surface area contributed by atoms with Crippen molar-refractivity contribution < 1.29 is 23.8 Å². The van der Waals surface area contributed by atoms with Crippen LogP contribution in [0.2, 0.25) is 0 Å². The first-order valence-corrected chi connectivity index (χ1v) is 9.36. The molecule has 30 heavy (non-hydrogen) atoms. The molecular formula is C23H22N2O5. The third-order valence-electron chi connectivity index (χ3n) is 3.94. The van der Waals surface area contributed by atoms with Crippen LogP contribution in [0.1, 0.15) is 6.42 Å². The average Bonchev–Trinajstić information content (AvgIpc) is 2.75. The van der Waals surface area contributed by atoms with E-state index in [1.54, 1.807) is 48.5 Å². The molecule has 3 rings (SSSR count). The summed E-state index contributed by atoms with van der Waals surface area (Å²) in [5.41, 5.74) is 5.59. The van der Waals surface area contributed by atoms with Gasteiger partial charge in [0.05, 0.1) is 18.7 Å². The Hall–Kier alpha value is -4.00. The third kappa shape index (κ3) is 6.56. The highest BCUT2D eigenvalue weighted by atomic mass is 16.5. The Labute approximate surface area is 174 Å². The van der Waals surface area contributed by atoms with Gasteiger partial charge in [-0.15, -0.1) is 0 Å². The fourth-order valence-corrected chi connectivity index (χ4v) is 2.52. The molecule has 0 aliphatic carbocycles. The molecule has 3 aromatic rings. The van der Waals surface area contributed by atoms with Crippen LogP contribution in [0, 0.1) is 0 Å². The van der Waals surface area contributed by atoms with Crippen molar-refractivity contribution in [3.8, 4) is 23.0 Å². The second-order valence-electron chi connectivity index (χ2n) is 6.28. The van der Waals surface area contributed by atoms with Crippen LogP contribution in [0.3, 0.4) is 0 Å². The molecule has 0 aliphatic rings. The lowest BCUT2D eigenvalue weighted by Gasteiger charge is -2.12. The maximum atomic E-state index is 12.2. The molecule has 0 bridgehead atoms. The minimum atomic E-state index is -0.454. The Balaban J connectivity index is 1.49. The highest BCUT2D eigenvalue weighted by molar-refractivity contribution is 5.93. The Morgan fingerprint density at radius 3 is 2.13 bits per heavy atom. The molecule has 7 heteroatoms. The van der Waals surface area contributed by atoms with Crippen LogP contribution in [0.5, 0.6) is 23.0 Å². The number of ether oxygens (including phenoxy) is 3. The average molecular weight is 406 g/mol. The highest BCUT2D eigenvalue weighted by Crippen LogP contribution is 2.25. The van der Waals surface area contributed by atoms with Gasteiger partial charge >= 0.3 is 0 Å². The Morgan fingerprint density at radius 1 is 0.767 bits per heavy atom. The maximum absolute atomic E-state index is 12.2. The zero-order valence-electron chi connectivity index (χ0n) is 16.2. The van der Waals surface area contributed by atoms with Gasteiger partial charge in [0.1, 0.15) is 23.0 Å². The lowest BCUT2D eigenvalue weighted by Crippen LogP contribution is -2.21. The van der Waals surface area contributed by atoms with Crippen molar-refractivity contribution in [2.75, 3.05) is 18.5 Å². The molecule has 0 radical (unpaired) electrons. The zero-order chi connectivity index (χ0) is 21.2. The number of amides is 2. The SMILES string of the molecule is NC(=O)CCOc1ccccc1NC(=O)COc1ccc(Oc2ccccc2)cc1. The molecule has 0 saturated heterocycles. The molecule has 0 atom stereocenters. The fraction of sp³-hybridized carbons (Fsp3) is 0.130. The Kier molecular flexibility index (Phi) is 7.27. The third-order valence-corrected chi connectivity index (χ3v) is 3.94. The second-order valence-corrected chi connectivity index (χ2v) is 6.28. The molecule has 0 spiro atoms. The van der Waals surface area contributed by atoms with Gasteiger partial charge in [0, 0.05) is 0 Å². The largest absolute Gasteiger partial charge is 0.491 e. The van der Waals surface area contributed by atoms with Crippen LogP contribution in [0.25, 0.3) is 0 Å². The number of anilines is 1. The van der Waals surface area contributed by atoms with Crippen molar-refractivity contribution in [2.45, 2.75) is 6.42 Å². The lowest BCUT2D eigenvalue weighted by molar-refractivity contribution is -0.119. The first-order valence-electron chi connectivity index (χ1n) is 9.36. The van der Waals surface area contributed by atoms with Gasteiger partial charge in [-0.1, -0.05) is 30.3 Å². The Bertz CT molecular complexity index is 974. The quantitative estimate of drug-likeness (QED) is 0.534. The van der Waals surface area contributed by atoms with Crippen LogP contribution < -0.4 is 25.3 Å². The van der Waals surface area contributed by atoms with Crippen LogP contribution in [0.15, 0.2) is 78.9 Å². The summed E-state index contributed by atoms with van der Waals surface area (Å²) in [4.78, 5) is 23.1. The maximum Gasteiger partial charge on any atom is 0.262 e. The second kappa shape index (κ2) is 10.5. The zero-order valence-corrected chi connectivity index (χ0v) is 16.2. The van der Waals surface area contributed by atoms with E-state index in [4.69, 9.17) is 19.9 Å². The van der Waals surface area contributed by atoms with Gasteiger partial charge in [-0.05, 0) is 48.5 Å². The van der Waals surface area contributed by atoms with Crippen molar-refractivity contribution in [2.24, 2.45) is 5.73 Å². The minimum absolute atomic E-state index is 0.0926. The summed E-state index contributed by atoms with van der Waals surface area (Å²) in [6, 6.07) is 23.4. The summed E-state index contributed by atoms with van der Waals surface area (Å²) in [6.45, 7) is -0.0371. The standard InChI is InChI=1S/C23H22N2O5/c24-22(26)14-15-28-21-9-5-4-8-20(21)25-23(27)16-29-17-10-12-19(13-11-17)30-18-6-2-1-3-7-18/h1-13H,14-16H2,(H2,24,26)(H,25,27). The molecular weight excluding hydrogens is 384 g/mol. The number of benzene rings is 3. The number of rotatable bonds is 10. The predicted octanol–water partition coefficient (Wildman–Crippen LogP) is 3.75. The molecule has 2 amide bonds. The number of hydrogen-bond donors (Lipinski definition) is 2. The van der Waals surface area contributed by atoms with E-state index in [2.05, 4.69) is 5.32 Å². The number of primary amides is 1. The van der Waals surface area contributed by atoms with Crippen LogP contribution in [0.4, 0.5) is 5.69 Å². The lowest BCUT2D eigenvalue weighted by atomic mass is 10.3. The molecule has 0 heterocycles. The number of carbonyl (C=O) groups is 2. The van der Waals surface area contributed by atoms with Crippen molar-refractivity contribution in [3.05, 3.63) is 78.9 Å². The molecule has 3 N–H and O–H groups in total. The van der Waals surface area contributed by atoms with Gasteiger partial charge < -0.3 is 25.3 Å². The van der Waals surface area contributed by atoms with Gasteiger partial charge in [-0.2, -0.15) is 0 Å².